The molecule has 3 aromatic rings. The maximum atomic E-state index is 13.8. The lowest BCUT2D eigenvalue weighted by Gasteiger charge is -2.12. The second kappa shape index (κ2) is 10.6. The topological polar surface area (TPSA) is 62.1 Å². The summed E-state index contributed by atoms with van der Waals surface area (Å²) in [5.74, 6) is -0.565. The smallest absolute Gasteiger partial charge is 0.266 e. The summed E-state index contributed by atoms with van der Waals surface area (Å²) in [6, 6.07) is 21.2. The largest absolute Gasteiger partial charge is 0.494 e. The summed E-state index contributed by atoms with van der Waals surface area (Å²) >= 11 is 3.56. The third kappa shape index (κ3) is 5.80. The van der Waals surface area contributed by atoms with Crippen molar-refractivity contribution in [2.24, 2.45) is 0 Å². The Balaban J connectivity index is 1.87. The Morgan fingerprint density at radius 1 is 1.13 bits per heavy atom. The molecular weight excluding hydrogens is 459 g/mol. The molecule has 0 heterocycles. The van der Waals surface area contributed by atoms with Crippen LogP contribution in [-0.2, 0) is 11.2 Å². The standard InChI is InChI=1S/C25H20BrFN2O2/c1-2-31-24-14-17(11-12-19(24)15-18-7-3-4-8-21(18)26)13-20(16-28)25(30)29-23-10-6-5-9-22(23)27/h3-14H,2,15H2,1H3,(H,29,30)/b20-13+. The molecule has 0 aliphatic carbocycles. The van der Waals surface area contributed by atoms with Crippen molar-refractivity contribution in [2.45, 2.75) is 13.3 Å². The summed E-state index contributed by atoms with van der Waals surface area (Å²) in [5, 5.41) is 11.9. The normalized spacial score (nSPS) is 11.0. The first-order chi connectivity index (χ1) is 15.0. The Bertz CT molecular complexity index is 1170. The van der Waals surface area contributed by atoms with E-state index in [1.54, 1.807) is 12.1 Å². The lowest BCUT2D eigenvalue weighted by Crippen LogP contribution is -2.14. The molecule has 3 aromatic carbocycles. The Labute approximate surface area is 189 Å². The zero-order chi connectivity index (χ0) is 22.2. The number of halogens is 2. The molecule has 0 aliphatic heterocycles. The number of amides is 1. The summed E-state index contributed by atoms with van der Waals surface area (Å²) in [5.41, 5.74) is 2.63. The SMILES string of the molecule is CCOc1cc(/C=C(\C#N)C(=O)Nc2ccccc2F)ccc1Cc1ccccc1Br. The van der Waals surface area contributed by atoms with Crippen molar-refractivity contribution in [3.63, 3.8) is 0 Å². The quantitative estimate of drug-likeness (QED) is 0.328. The fraction of sp³-hybridized carbons (Fsp3) is 0.120. The number of rotatable bonds is 7. The zero-order valence-corrected chi connectivity index (χ0v) is 18.4. The van der Waals surface area contributed by atoms with Crippen molar-refractivity contribution in [1.82, 2.24) is 0 Å². The molecular formula is C25H20BrFN2O2. The van der Waals surface area contributed by atoms with Crippen LogP contribution >= 0.6 is 15.9 Å². The van der Waals surface area contributed by atoms with E-state index in [0.29, 0.717) is 24.3 Å². The fourth-order valence-electron chi connectivity index (χ4n) is 3.01. The molecule has 0 aromatic heterocycles. The summed E-state index contributed by atoms with van der Waals surface area (Å²) < 4.78 is 20.6. The lowest BCUT2D eigenvalue weighted by molar-refractivity contribution is -0.112. The average molecular weight is 479 g/mol. The first-order valence-corrected chi connectivity index (χ1v) is 10.5. The average Bonchev–Trinajstić information content (AvgIpc) is 2.77. The number of hydrogen-bond donors (Lipinski definition) is 1. The molecule has 0 fully saturated rings. The molecule has 0 unspecified atom stereocenters. The second-order valence-corrected chi connectivity index (χ2v) is 7.53. The predicted molar refractivity (Wildman–Crippen MR) is 123 cm³/mol. The number of nitriles is 1. The van der Waals surface area contributed by atoms with E-state index in [1.807, 2.05) is 49.4 Å². The molecule has 0 saturated heterocycles. The highest BCUT2D eigenvalue weighted by Gasteiger charge is 2.13. The van der Waals surface area contributed by atoms with Crippen LogP contribution in [0.1, 0.15) is 23.6 Å². The molecule has 1 N–H and O–H groups in total. The van der Waals surface area contributed by atoms with Gasteiger partial charge in [-0.3, -0.25) is 4.79 Å². The molecule has 31 heavy (non-hydrogen) atoms. The van der Waals surface area contributed by atoms with E-state index in [1.165, 1.54) is 24.3 Å². The number of carbonyl (C=O) groups excluding carboxylic acids is 1. The van der Waals surface area contributed by atoms with Gasteiger partial charge in [0.1, 0.15) is 23.2 Å². The van der Waals surface area contributed by atoms with Gasteiger partial charge in [0.25, 0.3) is 5.91 Å². The number of carbonyl (C=O) groups is 1. The number of para-hydroxylation sites is 1. The summed E-state index contributed by atoms with van der Waals surface area (Å²) in [6.07, 6.45) is 2.13. The van der Waals surface area contributed by atoms with Gasteiger partial charge in [0.05, 0.1) is 12.3 Å². The van der Waals surface area contributed by atoms with Crippen LogP contribution in [0.5, 0.6) is 5.75 Å². The first kappa shape index (κ1) is 22.3. The van der Waals surface area contributed by atoms with Gasteiger partial charge < -0.3 is 10.1 Å². The minimum absolute atomic E-state index is 0.0208. The van der Waals surface area contributed by atoms with Gasteiger partial charge in [-0.15, -0.1) is 0 Å². The minimum Gasteiger partial charge on any atom is -0.494 e. The summed E-state index contributed by atoms with van der Waals surface area (Å²) in [7, 11) is 0. The van der Waals surface area contributed by atoms with Crippen molar-refractivity contribution >= 4 is 33.6 Å². The van der Waals surface area contributed by atoms with E-state index in [-0.39, 0.29) is 11.3 Å². The molecule has 1 amide bonds. The molecule has 3 rings (SSSR count). The van der Waals surface area contributed by atoms with Crippen LogP contribution in [-0.4, -0.2) is 12.5 Å². The number of benzene rings is 3. The van der Waals surface area contributed by atoms with E-state index in [2.05, 4.69) is 21.2 Å². The van der Waals surface area contributed by atoms with Gasteiger partial charge in [0.15, 0.2) is 0 Å². The molecule has 6 heteroatoms. The van der Waals surface area contributed by atoms with Crippen LogP contribution in [0.2, 0.25) is 0 Å². The van der Waals surface area contributed by atoms with Crippen LogP contribution in [0, 0.1) is 17.1 Å². The third-order valence-electron chi connectivity index (χ3n) is 4.53. The van der Waals surface area contributed by atoms with Crippen molar-refractivity contribution in [1.29, 1.82) is 5.26 Å². The highest BCUT2D eigenvalue weighted by Crippen LogP contribution is 2.27. The van der Waals surface area contributed by atoms with Gasteiger partial charge in [-0.1, -0.05) is 58.4 Å². The highest BCUT2D eigenvalue weighted by molar-refractivity contribution is 9.10. The number of nitrogens with one attached hydrogen (secondary N) is 1. The third-order valence-corrected chi connectivity index (χ3v) is 5.30. The molecule has 4 nitrogen and oxygen atoms in total. The highest BCUT2D eigenvalue weighted by atomic mass is 79.9. The van der Waals surface area contributed by atoms with E-state index < -0.39 is 11.7 Å². The molecule has 0 atom stereocenters. The van der Waals surface area contributed by atoms with Gasteiger partial charge in [0.2, 0.25) is 0 Å². The minimum atomic E-state index is -0.678. The zero-order valence-electron chi connectivity index (χ0n) is 16.9. The van der Waals surface area contributed by atoms with Crippen LogP contribution in [0.15, 0.2) is 76.8 Å². The predicted octanol–water partition coefficient (Wildman–Crippen LogP) is 6.12. The van der Waals surface area contributed by atoms with E-state index in [0.717, 1.165) is 15.6 Å². The molecule has 0 saturated carbocycles. The van der Waals surface area contributed by atoms with Crippen molar-refractivity contribution in [3.8, 4) is 11.8 Å². The molecule has 0 aliphatic rings. The van der Waals surface area contributed by atoms with Crippen molar-refractivity contribution < 1.29 is 13.9 Å². The molecule has 0 bridgehead atoms. The first-order valence-electron chi connectivity index (χ1n) is 9.68. The monoisotopic (exact) mass is 478 g/mol. The van der Waals surface area contributed by atoms with Gasteiger partial charge >= 0.3 is 0 Å². The Morgan fingerprint density at radius 2 is 1.87 bits per heavy atom. The maximum Gasteiger partial charge on any atom is 0.266 e. The number of anilines is 1. The molecule has 156 valence electrons. The van der Waals surface area contributed by atoms with Crippen LogP contribution in [0.25, 0.3) is 6.08 Å². The number of hydrogen-bond acceptors (Lipinski definition) is 3. The van der Waals surface area contributed by atoms with Crippen molar-refractivity contribution in [2.75, 3.05) is 11.9 Å². The Hall–Kier alpha value is -3.43. The molecule has 0 radical (unpaired) electrons. The van der Waals surface area contributed by atoms with Gasteiger partial charge in [-0.05, 0) is 54.0 Å². The van der Waals surface area contributed by atoms with Crippen LogP contribution in [0.3, 0.4) is 0 Å². The second-order valence-electron chi connectivity index (χ2n) is 6.67. The fourth-order valence-corrected chi connectivity index (χ4v) is 3.44. The molecule has 0 spiro atoms. The van der Waals surface area contributed by atoms with Gasteiger partial charge in [0, 0.05) is 10.9 Å². The van der Waals surface area contributed by atoms with E-state index in [9.17, 15) is 14.4 Å². The Kier molecular flexibility index (Phi) is 7.58. The lowest BCUT2D eigenvalue weighted by atomic mass is 10.0. The van der Waals surface area contributed by atoms with E-state index in [4.69, 9.17) is 4.74 Å². The number of ether oxygens (including phenoxy) is 1. The Morgan fingerprint density at radius 3 is 2.58 bits per heavy atom. The maximum absolute atomic E-state index is 13.8. The van der Waals surface area contributed by atoms with Crippen molar-refractivity contribution in [3.05, 3.63) is 99.3 Å². The van der Waals surface area contributed by atoms with Gasteiger partial charge in [-0.2, -0.15) is 5.26 Å². The number of nitrogens with zero attached hydrogens (tertiary/aromatic N) is 1. The van der Waals surface area contributed by atoms with E-state index >= 15 is 0 Å². The van der Waals surface area contributed by atoms with Crippen LogP contribution in [0.4, 0.5) is 10.1 Å². The van der Waals surface area contributed by atoms with Gasteiger partial charge in [-0.25, -0.2) is 4.39 Å². The van der Waals surface area contributed by atoms with Crippen LogP contribution < -0.4 is 10.1 Å². The summed E-state index contributed by atoms with van der Waals surface area (Å²) in [4.78, 5) is 12.5. The summed E-state index contributed by atoms with van der Waals surface area (Å²) in [6.45, 7) is 2.38.